The maximum atomic E-state index is 11.8. The van der Waals surface area contributed by atoms with Crippen molar-refractivity contribution in [3.8, 4) is 0 Å². The predicted molar refractivity (Wildman–Crippen MR) is 70.2 cm³/mol. The van der Waals surface area contributed by atoms with Gasteiger partial charge in [0.05, 0.1) is 6.61 Å². The van der Waals surface area contributed by atoms with E-state index in [-0.39, 0.29) is 13.0 Å². The van der Waals surface area contributed by atoms with Crippen molar-refractivity contribution >= 4 is 27.9 Å². The number of carboxylic acid groups (broad SMARTS) is 1. The zero-order valence-electron chi connectivity index (χ0n) is 10.3. The van der Waals surface area contributed by atoms with Gasteiger partial charge >= 0.3 is 11.9 Å². The number of halogens is 1. The minimum absolute atomic E-state index is 0.0859. The van der Waals surface area contributed by atoms with Crippen molar-refractivity contribution in [1.82, 2.24) is 0 Å². The van der Waals surface area contributed by atoms with Gasteiger partial charge in [0.15, 0.2) is 5.41 Å². The molecule has 4 nitrogen and oxygen atoms in total. The minimum atomic E-state index is -1.57. The lowest BCUT2D eigenvalue weighted by Crippen LogP contribution is -2.40. The summed E-state index contributed by atoms with van der Waals surface area (Å²) in [6.45, 7) is 3.20. The molecule has 0 aliphatic rings. The summed E-state index contributed by atoms with van der Waals surface area (Å²) in [5.41, 5.74) is -0.810. The van der Waals surface area contributed by atoms with Crippen molar-refractivity contribution in [3.63, 3.8) is 0 Å². The molecule has 1 unspecified atom stereocenters. The van der Waals surface area contributed by atoms with Crippen LogP contribution < -0.4 is 0 Å². The highest BCUT2D eigenvalue weighted by molar-refractivity contribution is 9.10. The number of hydrogen-bond donors (Lipinski definition) is 1. The van der Waals surface area contributed by atoms with Gasteiger partial charge in [0, 0.05) is 10.9 Å². The van der Waals surface area contributed by atoms with Gasteiger partial charge in [-0.05, 0) is 25.5 Å². The number of carboxylic acids is 1. The standard InChI is InChI=1S/C13H15BrO4/c1-3-18-12(17)13(2,11(15)16)8-9-6-4-5-7-10(9)14/h4-7H,3,8H2,1-2H3,(H,15,16). The number of esters is 1. The molecule has 0 aliphatic heterocycles. The fourth-order valence-electron chi connectivity index (χ4n) is 1.55. The Morgan fingerprint density at radius 3 is 2.50 bits per heavy atom. The molecular formula is C13H15BrO4. The predicted octanol–water partition coefficient (Wildman–Crippen LogP) is 2.65. The van der Waals surface area contributed by atoms with Crippen LogP contribution in [0.4, 0.5) is 0 Å². The molecule has 18 heavy (non-hydrogen) atoms. The molecule has 0 aromatic heterocycles. The molecule has 1 N–H and O–H groups in total. The normalized spacial score (nSPS) is 13.7. The van der Waals surface area contributed by atoms with E-state index < -0.39 is 17.4 Å². The molecule has 0 radical (unpaired) electrons. The van der Waals surface area contributed by atoms with Crippen molar-refractivity contribution < 1.29 is 19.4 Å². The van der Waals surface area contributed by atoms with Gasteiger partial charge in [-0.25, -0.2) is 0 Å². The summed E-state index contributed by atoms with van der Waals surface area (Å²) >= 11 is 3.34. The highest BCUT2D eigenvalue weighted by Gasteiger charge is 2.43. The first-order chi connectivity index (χ1) is 8.41. The lowest BCUT2D eigenvalue weighted by Gasteiger charge is -2.23. The molecule has 98 valence electrons. The molecule has 1 aromatic carbocycles. The van der Waals surface area contributed by atoms with Crippen LogP contribution in [0.1, 0.15) is 19.4 Å². The summed E-state index contributed by atoms with van der Waals surface area (Å²) in [5, 5.41) is 9.27. The Kier molecular flexibility index (Phi) is 4.90. The first-order valence-corrected chi connectivity index (χ1v) is 6.35. The van der Waals surface area contributed by atoms with Crippen molar-refractivity contribution in [2.75, 3.05) is 6.61 Å². The Morgan fingerprint density at radius 2 is 2.00 bits per heavy atom. The molecule has 1 aromatic rings. The summed E-state index contributed by atoms with van der Waals surface area (Å²) < 4.78 is 5.62. The quantitative estimate of drug-likeness (QED) is 0.670. The molecule has 0 aliphatic carbocycles. The Morgan fingerprint density at radius 1 is 1.39 bits per heavy atom. The molecular weight excluding hydrogens is 300 g/mol. The van der Waals surface area contributed by atoms with Crippen LogP contribution in [0.5, 0.6) is 0 Å². The lowest BCUT2D eigenvalue weighted by molar-refractivity contribution is -0.167. The Bertz CT molecular complexity index is 458. The average Bonchev–Trinajstić information content (AvgIpc) is 2.32. The van der Waals surface area contributed by atoms with Gasteiger partial charge in [0.2, 0.25) is 0 Å². The molecule has 0 saturated heterocycles. The van der Waals surface area contributed by atoms with Gasteiger partial charge in [-0.15, -0.1) is 0 Å². The summed E-state index contributed by atoms with van der Waals surface area (Å²) in [6, 6.07) is 7.22. The van der Waals surface area contributed by atoms with Gasteiger partial charge in [0.1, 0.15) is 0 Å². The van der Waals surface area contributed by atoms with Crippen LogP contribution in [0.3, 0.4) is 0 Å². The summed E-state index contributed by atoms with van der Waals surface area (Å²) in [5.74, 6) is -1.90. The fourth-order valence-corrected chi connectivity index (χ4v) is 1.97. The van der Waals surface area contributed by atoms with E-state index in [1.807, 2.05) is 12.1 Å². The first kappa shape index (κ1) is 14.7. The molecule has 0 heterocycles. The molecule has 1 atom stereocenters. The van der Waals surface area contributed by atoms with Crippen molar-refractivity contribution in [2.24, 2.45) is 5.41 Å². The average molecular weight is 315 g/mol. The van der Waals surface area contributed by atoms with Crippen LogP contribution in [0, 0.1) is 5.41 Å². The Labute approximate surface area is 114 Å². The van der Waals surface area contributed by atoms with E-state index in [4.69, 9.17) is 4.74 Å². The van der Waals surface area contributed by atoms with Crippen LogP contribution in [0.2, 0.25) is 0 Å². The Hall–Kier alpha value is -1.36. The second kappa shape index (κ2) is 6.00. The topological polar surface area (TPSA) is 63.6 Å². The molecule has 0 spiro atoms. The number of carbonyl (C=O) groups excluding carboxylic acids is 1. The molecule has 5 heteroatoms. The van der Waals surface area contributed by atoms with E-state index in [0.29, 0.717) is 0 Å². The first-order valence-electron chi connectivity index (χ1n) is 5.56. The molecule has 0 amide bonds. The van der Waals surface area contributed by atoms with E-state index in [0.717, 1.165) is 10.0 Å². The largest absolute Gasteiger partial charge is 0.480 e. The third-order valence-electron chi connectivity index (χ3n) is 2.70. The molecule has 0 saturated carbocycles. The Balaban J connectivity index is 3.04. The maximum absolute atomic E-state index is 11.8. The number of ether oxygens (including phenoxy) is 1. The number of rotatable bonds is 5. The third-order valence-corrected chi connectivity index (χ3v) is 3.47. The van der Waals surface area contributed by atoms with Crippen molar-refractivity contribution in [1.29, 1.82) is 0 Å². The molecule has 0 fully saturated rings. The molecule has 0 bridgehead atoms. The lowest BCUT2D eigenvalue weighted by atomic mass is 9.83. The van der Waals surface area contributed by atoms with Crippen LogP contribution >= 0.6 is 15.9 Å². The van der Waals surface area contributed by atoms with E-state index in [2.05, 4.69) is 15.9 Å². The maximum Gasteiger partial charge on any atom is 0.323 e. The van der Waals surface area contributed by atoms with E-state index in [9.17, 15) is 14.7 Å². The van der Waals surface area contributed by atoms with Gasteiger partial charge < -0.3 is 9.84 Å². The van der Waals surface area contributed by atoms with Crippen LogP contribution in [-0.2, 0) is 20.7 Å². The monoisotopic (exact) mass is 314 g/mol. The van der Waals surface area contributed by atoms with E-state index in [1.54, 1.807) is 19.1 Å². The number of benzene rings is 1. The van der Waals surface area contributed by atoms with Gasteiger partial charge in [-0.1, -0.05) is 34.1 Å². The third kappa shape index (κ3) is 3.10. The zero-order chi connectivity index (χ0) is 13.8. The van der Waals surface area contributed by atoms with Gasteiger partial charge in [-0.3, -0.25) is 9.59 Å². The number of hydrogen-bond acceptors (Lipinski definition) is 3. The van der Waals surface area contributed by atoms with Crippen LogP contribution in [-0.4, -0.2) is 23.7 Å². The van der Waals surface area contributed by atoms with Gasteiger partial charge in [-0.2, -0.15) is 0 Å². The summed E-state index contributed by atoms with van der Waals surface area (Å²) in [6.07, 6.45) is 0.0859. The van der Waals surface area contributed by atoms with E-state index >= 15 is 0 Å². The van der Waals surface area contributed by atoms with Gasteiger partial charge in [0.25, 0.3) is 0 Å². The highest BCUT2D eigenvalue weighted by atomic mass is 79.9. The minimum Gasteiger partial charge on any atom is -0.480 e. The second-order valence-corrected chi connectivity index (χ2v) is 4.98. The van der Waals surface area contributed by atoms with E-state index in [1.165, 1.54) is 6.92 Å². The SMILES string of the molecule is CCOC(=O)C(C)(Cc1ccccc1Br)C(=O)O. The fraction of sp³-hybridized carbons (Fsp3) is 0.385. The van der Waals surface area contributed by atoms with Crippen LogP contribution in [0.25, 0.3) is 0 Å². The summed E-state index contributed by atoms with van der Waals surface area (Å²) in [4.78, 5) is 23.1. The second-order valence-electron chi connectivity index (χ2n) is 4.13. The summed E-state index contributed by atoms with van der Waals surface area (Å²) in [7, 11) is 0. The number of aliphatic carboxylic acids is 1. The smallest absolute Gasteiger partial charge is 0.323 e. The highest BCUT2D eigenvalue weighted by Crippen LogP contribution is 2.28. The number of carbonyl (C=O) groups is 2. The zero-order valence-corrected chi connectivity index (χ0v) is 11.9. The van der Waals surface area contributed by atoms with Crippen molar-refractivity contribution in [3.05, 3.63) is 34.3 Å². The molecule has 1 rings (SSSR count). The van der Waals surface area contributed by atoms with Crippen molar-refractivity contribution in [2.45, 2.75) is 20.3 Å². The van der Waals surface area contributed by atoms with Crippen LogP contribution in [0.15, 0.2) is 28.7 Å².